The van der Waals surface area contributed by atoms with Gasteiger partial charge in [0.25, 0.3) is 0 Å². The van der Waals surface area contributed by atoms with E-state index in [2.05, 4.69) is 16.3 Å². The second-order valence-corrected chi connectivity index (χ2v) is 8.50. The smallest absolute Gasteiger partial charge is 0.233 e. The zero-order valence-electron chi connectivity index (χ0n) is 13.9. The van der Waals surface area contributed by atoms with Gasteiger partial charge in [-0.2, -0.15) is 0 Å². The molecule has 1 saturated carbocycles. The fourth-order valence-electron chi connectivity index (χ4n) is 2.71. The van der Waals surface area contributed by atoms with Gasteiger partial charge in [0.15, 0.2) is 5.16 Å². The van der Waals surface area contributed by atoms with Gasteiger partial charge in [-0.3, -0.25) is 9.36 Å². The topological polar surface area (TPSA) is 51.0 Å². The standard InChI is InChI=1S/C18H17ClN4OS2/c19-13-3-1-4-15(9-13)23-12-20-21-18(23)26-11-17(24)22(14-6-7-14)10-16-5-2-8-25-16/h1-5,8-9,12,14H,6-7,10-11H2. The SMILES string of the molecule is O=C(CSc1nncn1-c1cccc(Cl)c1)N(Cc1cccs1)C1CC1. The molecule has 1 aliphatic carbocycles. The number of carbonyl (C=O) groups excluding carboxylic acids is 1. The Balaban J connectivity index is 1.44. The number of aromatic nitrogens is 3. The monoisotopic (exact) mass is 404 g/mol. The van der Waals surface area contributed by atoms with Gasteiger partial charge in [-0.25, -0.2) is 0 Å². The second-order valence-electron chi connectivity index (χ2n) is 6.08. The average molecular weight is 405 g/mol. The van der Waals surface area contributed by atoms with Crippen LogP contribution in [-0.4, -0.2) is 37.4 Å². The molecule has 0 spiro atoms. The first-order chi connectivity index (χ1) is 12.7. The number of benzene rings is 1. The molecule has 5 nitrogen and oxygen atoms in total. The first-order valence-corrected chi connectivity index (χ1v) is 10.6. The minimum absolute atomic E-state index is 0.145. The van der Waals surface area contributed by atoms with Crippen LogP contribution in [0.3, 0.4) is 0 Å². The van der Waals surface area contributed by atoms with E-state index in [-0.39, 0.29) is 5.91 Å². The minimum atomic E-state index is 0.145. The number of thioether (sulfide) groups is 1. The summed E-state index contributed by atoms with van der Waals surface area (Å²) in [5, 5.41) is 11.5. The zero-order valence-corrected chi connectivity index (χ0v) is 16.3. The van der Waals surface area contributed by atoms with Gasteiger partial charge in [-0.15, -0.1) is 21.5 Å². The van der Waals surface area contributed by atoms with Crippen LogP contribution < -0.4 is 0 Å². The van der Waals surface area contributed by atoms with Crippen LogP contribution in [0.4, 0.5) is 0 Å². The average Bonchev–Trinajstić information content (AvgIpc) is 3.15. The number of hydrogen-bond acceptors (Lipinski definition) is 5. The molecule has 2 aromatic heterocycles. The van der Waals surface area contributed by atoms with E-state index in [9.17, 15) is 4.79 Å². The van der Waals surface area contributed by atoms with Gasteiger partial charge < -0.3 is 4.90 Å². The van der Waals surface area contributed by atoms with Crippen LogP contribution in [0, 0.1) is 0 Å². The van der Waals surface area contributed by atoms with Crippen LogP contribution >= 0.6 is 34.7 Å². The maximum absolute atomic E-state index is 12.8. The Morgan fingerprint density at radius 3 is 2.96 bits per heavy atom. The van der Waals surface area contributed by atoms with E-state index in [4.69, 9.17) is 11.6 Å². The molecule has 8 heteroatoms. The number of nitrogens with zero attached hydrogens (tertiary/aromatic N) is 4. The highest BCUT2D eigenvalue weighted by Gasteiger charge is 2.32. The lowest BCUT2D eigenvalue weighted by Gasteiger charge is -2.21. The summed E-state index contributed by atoms with van der Waals surface area (Å²) in [7, 11) is 0. The van der Waals surface area contributed by atoms with Crippen LogP contribution in [-0.2, 0) is 11.3 Å². The van der Waals surface area contributed by atoms with Crippen molar-refractivity contribution >= 4 is 40.6 Å². The van der Waals surface area contributed by atoms with Crippen molar-refractivity contribution in [3.8, 4) is 5.69 Å². The highest BCUT2D eigenvalue weighted by molar-refractivity contribution is 7.99. The largest absolute Gasteiger partial charge is 0.334 e. The predicted octanol–water partition coefficient (Wildman–Crippen LogP) is 4.27. The lowest BCUT2D eigenvalue weighted by atomic mass is 10.3. The van der Waals surface area contributed by atoms with Crippen LogP contribution in [0.15, 0.2) is 53.3 Å². The van der Waals surface area contributed by atoms with Crippen molar-refractivity contribution in [3.63, 3.8) is 0 Å². The van der Waals surface area contributed by atoms with Gasteiger partial charge in [0.2, 0.25) is 5.91 Å². The minimum Gasteiger partial charge on any atom is -0.334 e. The maximum atomic E-state index is 12.8. The molecule has 134 valence electrons. The molecule has 4 rings (SSSR count). The van der Waals surface area contributed by atoms with Gasteiger partial charge in [0.05, 0.1) is 18.0 Å². The third-order valence-electron chi connectivity index (χ3n) is 4.14. The number of hydrogen-bond donors (Lipinski definition) is 0. The van der Waals surface area contributed by atoms with E-state index in [0.717, 1.165) is 18.5 Å². The number of halogens is 1. The summed E-state index contributed by atoms with van der Waals surface area (Å²) < 4.78 is 1.85. The molecule has 0 unspecified atom stereocenters. The summed E-state index contributed by atoms with van der Waals surface area (Å²) in [6, 6.07) is 12.0. The van der Waals surface area contributed by atoms with E-state index in [1.807, 2.05) is 45.2 Å². The van der Waals surface area contributed by atoms with Gasteiger partial charge in [0, 0.05) is 15.9 Å². The highest BCUT2D eigenvalue weighted by Crippen LogP contribution is 2.30. The molecule has 1 fully saturated rings. The van der Waals surface area contributed by atoms with Crippen LogP contribution in [0.5, 0.6) is 0 Å². The molecular formula is C18H17ClN4OS2. The summed E-state index contributed by atoms with van der Waals surface area (Å²) in [6.07, 6.45) is 3.84. The number of thiophene rings is 1. The van der Waals surface area contributed by atoms with Crippen molar-refractivity contribution < 1.29 is 4.79 Å². The Bertz CT molecular complexity index is 892. The molecule has 0 radical (unpaired) electrons. The Labute approximate surface area is 165 Å². The molecule has 0 bridgehead atoms. The summed E-state index contributed by atoms with van der Waals surface area (Å²) in [6.45, 7) is 0.697. The molecule has 0 atom stereocenters. The highest BCUT2D eigenvalue weighted by atomic mass is 35.5. The summed E-state index contributed by atoms with van der Waals surface area (Å²) in [5.41, 5.74) is 0.884. The molecule has 1 amide bonds. The molecular weight excluding hydrogens is 388 g/mol. The summed E-state index contributed by atoms with van der Waals surface area (Å²) >= 11 is 9.17. The first kappa shape index (κ1) is 17.6. The molecule has 0 saturated heterocycles. The van der Waals surface area contributed by atoms with Crippen molar-refractivity contribution in [1.82, 2.24) is 19.7 Å². The first-order valence-electron chi connectivity index (χ1n) is 8.31. The lowest BCUT2D eigenvalue weighted by molar-refractivity contribution is -0.129. The van der Waals surface area contributed by atoms with Crippen molar-refractivity contribution in [2.75, 3.05) is 5.75 Å². The quantitative estimate of drug-likeness (QED) is 0.552. The predicted molar refractivity (Wildman–Crippen MR) is 105 cm³/mol. The van der Waals surface area contributed by atoms with Crippen LogP contribution in [0.25, 0.3) is 5.69 Å². The third kappa shape index (κ3) is 4.11. The summed E-state index contributed by atoms with van der Waals surface area (Å²) in [4.78, 5) is 16.0. The molecule has 1 aromatic carbocycles. The van der Waals surface area contributed by atoms with Gasteiger partial charge >= 0.3 is 0 Å². The van der Waals surface area contributed by atoms with Gasteiger partial charge in [-0.1, -0.05) is 35.5 Å². The number of carbonyl (C=O) groups is 1. The Hall–Kier alpha value is -1.83. The number of rotatable bonds is 7. The Kier molecular flexibility index (Phi) is 5.28. The van der Waals surface area contributed by atoms with Crippen molar-refractivity contribution in [2.45, 2.75) is 30.6 Å². The molecule has 2 heterocycles. The molecule has 26 heavy (non-hydrogen) atoms. The fraction of sp³-hybridized carbons (Fsp3) is 0.278. The Morgan fingerprint density at radius 1 is 1.35 bits per heavy atom. The molecule has 0 aliphatic heterocycles. The van der Waals surface area contributed by atoms with Crippen LogP contribution in [0.1, 0.15) is 17.7 Å². The van der Waals surface area contributed by atoms with Crippen molar-refractivity contribution in [2.24, 2.45) is 0 Å². The van der Waals surface area contributed by atoms with E-state index in [0.29, 0.717) is 28.5 Å². The van der Waals surface area contributed by atoms with Gasteiger partial charge in [-0.05, 0) is 42.5 Å². The van der Waals surface area contributed by atoms with E-state index in [1.165, 1.54) is 16.6 Å². The maximum Gasteiger partial charge on any atom is 0.233 e. The van der Waals surface area contributed by atoms with E-state index < -0.39 is 0 Å². The Morgan fingerprint density at radius 2 is 2.23 bits per heavy atom. The van der Waals surface area contributed by atoms with Crippen LogP contribution in [0.2, 0.25) is 5.02 Å². The normalized spacial score (nSPS) is 13.7. The lowest BCUT2D eigenvalue weighted by Crippen LogP contribution is -2.33. The van der Waals surface area contributed by atoms with Gasteiger partial charge in [0.1, 0.15) is 6.33 Å². The fourth-order valence-corrected chi connectivity index (χ4v) is 4.41. The molecule has 0 N–H and O–H groups in total. The third-order valence-corrected chi connectivity index (χ3v) is 6.17. The van der Waals surface area contributed by atoms with E-state index >= 15 is 0 Å². The number of amides is 1. The van der Waals surface area contributed by atoms with E-state index in [1.54, 1.807) is 17.7 Å². The second kappa shape index (κ2) is 7.82. The van der Waals surface area contributed by atoms with Crippen molar-refractivity contribution in [1.29, 1.82) is 0 Å². The zero-order chi connectivity index (χ0) is 17.9. The summed E-state index contributed by atoms with van der Waals surface area (Å²) in [5.74, 6) is 0.493. The molecule has 3 aromatic rings. The van der Waals surface area contributed by atoms with Crippen molar-refractivity contribution in [3.05, 3.63) is 58.0 Å². The molecule has 1 aliphatic rings.